The van der Waals surface area contributed by atoms with Gasteiger partial charge in [-0.15, -0.1) is 24.9 Å². The number of halogens is 1. The first-order chi connectivity index (χ1) is 17.3. The Kier molecular flexibility index (Phi) is 8.17. The summed E-state index contributed by atoms with van der Waals surface area (Å²) in [5, 5.41) is 10.5. The van der Waals surface area contributed by atoms with Gasteiger partial charge in [-0.3, -0.25) is 14.4 Å². The quantitative estimate of drug-likeness (QED) is 0.265. The second-order valence-corrected chi connectivity index (χ2v) is 11.7. The number of allylic oxidation sites excluding steroid dienone is 1. The van der Waals surface area contributed by atoms with Crippen molar-refractivity contribution >= 4 is 46.8 Å². The number of fused-ring (bicyclic) bond motifs is 1. The molecule has 3 aliphatic rings. The van der Waals surface area contributed by atoms with Gasteiger partial charge in [0, 0.05) is 22.5 Å². The summed E-state index contributed by atoms with van der Waals surface area (Å²) >= 11 is 7.65. The second kappa shape index (κ2) is 11.0. The van der Waals surface area contributed by atoms with Crippen LogP contribution in [0.2, 0.25) is 5.02 Å². The molecule has 0 aromatic heterocycles. The maximum absolute atomic E-state index is 14.3. The number of esters is 1. The van der Waals surface area contributed by atoms with E-state index in [2.05, 4.69) is 13.2 Å². The monoisotopic (exact) mass is 532 g/mol. The van der Waals surface area contributed by atoms with Gasteiger partial charge >= 0.3 is 5.97 Å². The molecule has 1 N–H and O–H groups in total. The number of amides is 2. The van der Waals surface area contributed by atoms with E-state index in [9.17, 15) is 19.5 Å². The van der Waals surface area contributed by atoms with Gasteiger partial charge < -0.3 is 19.6 Å². The number of benzene rings is 1. The van der Waals surface area contributed by atoms with Gasteiger partial charge in [0.25, 0.3) is 5.91 Å². The molecule has 2 bridgehead atoms. The van der Waals surface area contributed by atoms with Crippen molar-refractivity contribution in [3.63, 3.8) is 0 Å². The number of nitrogens with zero attached hydrogens (tertiary/aromatic N) is 2. The standard InChI is InChI=1S/C27H33ClN2O5S/c1-4-6-7-15-35-26(34)21-20-12-13-27(36-20)22(21)24(32)30(17(3)16-31)23(27)25(33)29(14-5-2)19-10-8-18(28)9-11-19/h4-5,8-11,17,20-23,31H,1-2,6-7,12-16H2,3H3/t17-,20-,21+,22+,23?,27?/m1/s1. The zero-order valence-corrected chi connectivity index (χ0v) is 22.0. The zero-order valence-electron chi connectivity index (χ0n) is 20.5. The van der Waals surface area contributed by atoms with Crippen molar-refractivity contribution in [2.75, 3.05) is 24.7 Å². The highest BCUT2D eigenvalue weighted by Crippen LogP contribution is 2.67. The second-order valence-electron chi connectivity index (χ2n) is 9.65. The van der Waals surface area contributed by atoms with Gasteiger partial charge in [0.15, 0.2) is 0 Å². The van der Waals surface area contributed by atoms with Crippen LogP contribution in [-0.4, -0.2) is 69.6 Å². The average Bonchev–Trinajstić information content (AvgIpc) is 3.52. The summed E-state index contributed by atoms with van der Waals surface area (Å²) in [6, 6.07) is 5.55. The lowest BCUT2D eigenvalue weighted by atomic mass is 9.71. The van der Waals surface area contributed by atoms with Gasteiger partial charge in [-0.25, -0.2) is 0 Å². The van der Waals surface area contributed by atoms with Gasteiger partial charge in [0.2, 0.25) is 5.91 Å². The molecule has 6 atom stereocenters. The number of hydrogen-bond donors (Lipinski definition) is 1. The van der Waals surface area contributed by atoms with E-state index in [0.717, 1.165) is 12.8 Å². The van der Waals surface area contributed by atoms with Crippen LogP contribution in [0.25, 0.3) is 0 Å². The van der Waals surface area contributed by atoms with Gasteiger partial charge in [-0.1, -0.05) is 23.8 Å². The van der Waals surface area contributed by atoms with E-state index >= 15 is 0 Å². The Bertz CT molecular complexity index is 1030. The Labute approximate surface area is 221 Å². The third-order valence-electron chi connectivity index (χ3n) is 7.50. The number of thioether (sulfide) groups is 1. The predicted molar refractivity (Wildman–Crippen MR) is 142 cm³/mol. The topological polar surface area (TPSA) is 87.1 Å². The number of aliphatic hydroxyl groups excluding tert-OH is 1. The highest BCUT2D eigenvalue weighted by Gasteiger charge is 2.74. The molecule has 1 aromatic carbocycles. The number of carbonyl (C=O) groups is 3. The minimum Gasteiger partial charge on any atom is -0.465 e. The number of aliphatic hydroxyl groups is 1. The van der Waals surface area contributed by atoms with Crippen LogP contribution in [-0.2, 0) is 19.1 Å². The third kappa shape index (κ3) is 4.48. The summed E-state index contributed by atoms with van der Waals surface area (Å²) in [5.41, 5.74) is 0.643. The summed E-state index contributed by atoms with van der Waals surface area (Å²) in [6.45, 7) is 9.47. The fourth-order valence-electron chi connectivity index (χ4n) is 5.92. The van der Waals surface area contributed by atoms with E-state index in [4.69, 9.17) is 16.3 Å². The lowest BCUT2D eigenvalue weighted by Crippen LogP contribution is -2.57. The molecule has 3 aliphatic heterocycles. The molecule has 7 nitrogen and oxygen atoms in total. The smallest absolute Gasteiger partial charge is 0.310 e. The largest absolute Gasteiger partial charge is 0.465 e. The molecule has 0 saturated carbocycles. The van der Waals surface area contributed by atoms with Crippen LogP contribution in [0.15, 0.2) is 49.6 Å². The molecule has 36 heavy (non-hydrogen) atoms. The number of hydrogen-bond acceptors (Lipinski definition) is 6. The Morgan fingerprint density at radius 2 is 2.06 bits per heavy atom. The highest BCUT2D eigenvalue weighted by atomic mass is 35.5. The van der Waals surface area contributed by atoms with Crippen molar-refractivity contribution in [1.82, 2.24) is 4.90 Å². The molecule has 194 valence electrons. The van der Waals surface area contributed by atoms with E-state index in [1.54, 1.807) is 60.0 Å². The highest BCUT2D eigenvalue weighted by molar-refractivity contribution is 8.02. The Hall–Kier alpha value is -2.29. The van der Waals surface area contributed by atoms with E-state index in [-0.39, 0.29) is 42.8 Å². The Morgan fingerprint density at radius 1 is 1.33 bits per heavy atom. The number of carbonyl (C=O) groups excluding carboxylic acids is 3. The molecule has 3 heterocycles. The van der Waals surface area contributed by atoms with Crippen molar-refractivity contribution in [1.29, 1.82) is 0 Å². The number of likely N-dealkylation sites (tertiary alicyclic amines) is 1. The van der Waals surface area contributed by atoms with E-state index in [1.807, 2.05) is 0 Å². The van der Waals surface area contributed by atoms with Crippen LogP contribution in [0.4, 0.5) is 5.69 Å². The van der Waals surface area contributed by atoms with Crippen LogP contribution < -0.4 is 4.90 Å². The lowest BCUT2D eigenvalue weighted by Gasteiger charge is -2.38. The van der Waals surface area contributed by atoms with E-state index in [0.29, 0.717) is 23.6 Å². The molecule has 0 radical (unpaired) electrons. The minimum atomic E-state index is -0.818. The fraction of sp³-hybridized carbons (Fsp3) is 0.519. The molecular formula is C27H33ClN2O5S. The number of unbranched alkanes of at least 4 members (excludes halogenated alkanes) is 1. The number of ether oxygens (including phenoxy) is 1. The molecule has 3 fully saturated rings. The van der Waals surface area contributed by atoms with E-state index < -0.39 is 28.7 Å². The first-order valence-electron chi connectivity index (χ1n) is 12.4. The summed E-state index contributed by atoms with van der Waals surface area (Å²) in [7, 11) is 0. The van der Waals surface area contributed by atoms with Gasteiger partial charge in [0.05, 0.1) is 35.8 Å². The molecule has 1 aromatic rings. The maximum Gasteiger partial charge on any atom is 0.310 e. The number of anilines is 1. The first-order valence-corrected chi connectivity index (χ1v) is 13.6. The van der Waals surface area contributed by atoms with Crippen molar-refractivity contribution in [3.8, 4) is 0 Å². The Balaban J connectivity index is 1.70. The van der Waals surface area contributed by atoms with Crippen molar-refractivity contribution < 1.29 is 24.2 Å². The van der Waals surface area contributed by atoms with Gasteiger partial charge in [-0.05, 0) is 56.9 Å². The van der Waals surface area contributed by atoms with Gasteiger partial charge in [0.1, 0.15) is 6.04 Å². The van der Waals surface area contributed by atoms with Crippen LogP contribution in [0.3, 0.4) is 0 Å². The summed E-state index contributed by atoms with van der Waals surface area (Å²) in [4.78, 5) is 44.5. The normalized spacial score (nSPS) is 29.1. The average molecular weight is 533 g/mol. The van der Waals surface area contributed by atoms with Crippen molar-refractivity contribution in [3.05, 3.63) is 54.6 Å². The van der Waals surface area contributed by atoms with Crippen molar-refractivity contribution in [2.45, 2.75) is 54.7 Å². The first kappa shape index (κ1) is 26.8. The summed E-state index contributed by atoms with van der Waals surface area (Å²) < 4.78 is 4.83. The molecule has 2 amide bonds. The molecule has 2 unspecified atom stereocenters. The van der Waals surface area contributed by atoms with Crippen LogP contribution in [0, 0.1) is 11.8 Å². The van der Waals surface area contributed by atoms with Crippen LogP contribution in [0.5, 0.6) is 0 Å². The summed E-state index contributed by atoms with van der Waals surface area (Å²) in [6.07, 6.45) is 6.21. The molecular weight excluding hydrogens is 500 g/mol. The maximum atomic E-state index is 14.3. The van der Waals surface area contributed by atoms with Gasteiger partial charge in [-0.2, -0.15) is 0 Å². The molecule has 1 spiro atoms. The SMILES string of the molecule is C=CCCCOC(=O)[C@@H]1[C@H]2C(=O)N([C@H](C)CO)C(C(=O)N(CC=C)c3ccc(Cl)cc3)C23CC[C@H]1S3. The molecule has 9 heteroatoms. The molecule has 3 saturated heterocycles. The molecule has 0 aliphatic carbocycles. The summed E-state index contributed by atoms with van der Waals surface area (Å²) in [5.74, 6) is -2.14. The van der Waals surface area contributed by atoms with Crippen LogP contribution in [0.1, 0.15) is 32.6 Å². The fourth-order valence-corrected chi connectivity index (χ4v) is 8.23. The minimum absolute atomic E-state index is 0.0730. The zero-order chi connectivity index (χ0) is 26.0. The lowest BCUT2D eigenvalue weighted by molar-refractivity contribution is -0.154. The van der Waals surface area contributed by atoms with E-state index in [1.165, 1.54) is 4.90 Å². The Morgan fingerprint density at radius 3 is 2.69 bits per heavy atom. The van der Waals surface area contributed by atoms with Crippen molar-refractivity contribution in [2.24, 2.45) is 11.8 Å². The third-order valence-corrected chi connectivity index (χ3v) is 9.70. The predicted octanol–water partition coefficient (Wildman–Crippen LogP) is 3.84. The molecule has 4 rings (SSSR count). The number of rotatable bonds is 11. The van der Waals surface area contributed by atoms with Crippen LogP contribution >= 0.6 is 23.4 Å².